The van der Waals surface area contributed by atoms with Gasteiger partial charge in [0.2, 0.25) is 0 Å². The lowest BCUT2D eigenvalue weighted by atomic mass is 9.84. The first-order valence-corrected chi connectivity index (χ1v) is 11.3. The van der Waals surface area contributed by atoms with Gasteiger partial charge in [0.1, 0.15) is 36.6 Å². The molecule has 0 aromatic rings. The van der Waals surface area contributed by atoms with Crippen molar-refractivity contribution in [1.82, 2.24) is 0 Å². The minimum atomic E-state index is -1.37. The first-order valence-electron chi connectivity index (χ1n) is 11.3. The fourth-order valence-corrected chi connectivity index (χ4v) is 4.80. The Labute approximate surface area is 191 Å². The zero-order chi connectivity index (χ0) is 24.4. The van der Waals surface area contributed by atoms with Crippen LogP contribution in [0.1, 0.15) is 12.8 Å². The Balaban J connectivity index is 1.78. The van der Waals surface area contributed by atoms with E-state index in [1.54, 1.807) is 0 Å². The zero-order valence-corrected chi connectivity index (χ0v) is 18.4. The molecule has 0 aromatic heterocycles. The van der Waals surface area contributed by atoms with E-state index < -0.39 is 85.5 Å². The molecule has 2 saturated heterocycles. The standard InChI is InChI=1S/C19H39N5O9/c20-2-1-6-10(5-25)31-19(12(6)26)33-17-13(27)7(22)3-8(23)16(17)32-18-11(24)15(29)14(28)9(4-21)30-18/h6-19,25-29H,1-5,20-24H2/t6-,7-,8+,9-,10-,11-,12-,13+,14-,15-,16-,17-,18-,19+/m1/s1. The molecule has 14 heteroatoms. The van der Waals surface area contributed by atoms with Crippen LogP contribution in [0.4, 0.5) is 0 Å². The molecule has 3 aliphatic rings. The maximum absolute atomic E-state index is 10.8. The third-order valence-corrected chi connectivity index (χ3v) is 6.81. The van der Waals surface area contributed by atoms with Gasteiger partial charge in [-0.1, -0.05) is 0 Å². The molecular formula is C19H39N5O9. The van der Waals surface area contributed by atoms with Gasteiger partial charge in [0.05, 0.1) is 24.9 Å². The molecule has 0 aromatic carbocycles. The topological polar surface area (TPSA) is 268 Å². The summed E-state index contributed by atoms with van der Waals surface area (Å²) in [5.41, 5.74) is 29.5. The monoisotopic (exact) mass is 481 g/mol. The first kappa shape index (κ1) is 27.0. The van der Waals surface area contributed by atoms with E-state index in [1.165, 1.54) is 0 Å². The van der Waals surface area contributed by atoms with E-state index in [0.717, 1.165) is 0 Å². The molecule has 0 radical (unpaired) electrons. The summed E-state index contributed by atoms with van der Waals surface area (Å²) in [5, 5.41) is 51.4. The van der Waals surface area contributed by atoms with Gasteiger partial charge in [0, 0.05) is 24.5 Å². The summed E-state index contributed by atoms with van der Waals surface area (Å²) in [7, 11) is 0. The molecule has 0 spiro atoms. The van der Waals surface area contributed by atoms with Crippen LogP contribution in [0, 0.1) is 5.92 Å². The molecule has 1 saturated carbocycles. The van der Waals surface area contributed by atoms with Crippen molar-refractivity contribution in [1.29, 1.82) is 0 Å². The van der Waals surface area contributed by atoms with Crippen molar-refractivity contribution in [2.24, 2.45) is 34.6 Å². The molecular weight excluding hydrogens is 442 g/mol. The molecule has 2 aliphatic heterocycles. The lowest BCUT2D eigenvalue weighted by Crippen LogP contribution is -2.68. The van der Waals surface area contributed by atoms with E-state index in [-0.39, 0.29) is 26.1 Å². The van der Waals surface area contributed by atoms with E-state index in [0.29, 0.717) is 6.42 Å². The third-order valence-electron chi connectivity index (χ3n) is 6.81. The van der Waals surface area contributed by atoms with Crippen molar-refractivity contribution < 1.29 is 44.5 Å². The lowest BCUT2D eigenvalue weighted by molar-refractivity contribution is -0.306. The van der Waals surface area contributed by atoms with E-state index in [9.17, 15) is 25.5 Å². The van der Waals surface area contributed by atoms with Gasteiger partial charge in [-0.05, 0) is 19.4 Å². The second-order valence-electron chi connectivity index (χ2n) is 9.05. The number of hydrogen-bond donors (Lipinski definition) is 10. The van der Waals surface area contributed by atoms with Crippen LogP contribution >= 0.6 is 0 Å². The van der Waals surface area contributed by atoms with E-state index in [1.807, 2.05) is 0 Å². The fraction of sp³-hybridized carbons (Fsp3) is 1.00. The van der Waals surface area contributed by atoms with Crippen molar-refractivity contribution in [2.75, 3.05) is 19.7 Å². The second-order valence-corrected chi connectivity index (χ2v) is 9.05. The highest BCUT2D eigenvalue weighted by molar-refractivity contribution is 5.01. The van der Waals surface area contributed by atoms with E-state index >= 15 is 0 Å². The Morgan fingerprint density at radius 2 is 1.39 bits per heavy atom. The highest BCUT2D eigenvalue weighted by atomic mass is 16.7. The van der Waals surface area contributed by atoms with Crippen molar-refractivity contribution in [3.05, 3.63) is 0 Å². The molecule has 33 heavy (non-hydrogen) atoms. The molecule has 0 unspecified atom stereocenters. The molecule has 3 rings (SSSR count). The molecule has 0 bridgehead atoms. The predicted molar refractivity (Wildman–Crippen MR) is 113 cm³/mol. The van der Waals surface area contributed by atoms with Crippen LogP contribution in [-0.4, -0.2) is 125 Å². The highest BCUT2D eigenvalue weighted by Crippen LogP contribution is 2.34. The summed E-state index contributed by atoms with van der Waals surface area (Å²) < 4.78 is 23.2. The first-order chi connectivity index (χ1) is 15.6. The quantitative estimate of drug-likeness (QED) is 0.155. The van der Waals surface area contributed by atoms with Gasteiger partial charge in [-0.15, -0.1) is 0 Å². The molecule has 14 atom stereocenters. The molecule has 15 N–H and O–H groups in total. The van der Waals surface area contributed by atoms with Gasteiger partial charge in [0.15, 0.2) is 12.6 Å². The Kier molecular flexibility index (Phi) is 9.38. The summed E-state index contributed by atoms with van der Waals surface area (Å²) in [6, 6.07) is -2.61. The second kappa shape index (κ2) is 11.5. The molecule has 0 amide bonds. The van der Waals surface area contributed by atoms with Crippen LogP contribution in [-0.2, 0) is 18.9 Å². The van der Waals surface area contributed by atoms with Crippen molar-refractivity contribution in [2.45, 2.75) is 92.4 Å². The number of aliphatic hydroxyl groups is 5. The van der Waals surface area contributed by atoms with Gasteiger partial charge in [-0.3, -0.25) is 0 Å². The van der Waals surface area contributed by atoms with Gasteiger partial charge in [-0.25, -0.2) is 0 Å². The Morgan fingerprint density at radius 3 is 2.00 bits per heavy atom. The fourth-order valence-electron chi connectivity index (χ4n) is 4.80. The van der Waals surface area contributed by atoms with E-state index in [2.05, 4.69) is 0 Å². The van der Waals surface area contributed by atoms with Crippen LogP contribution in [0.3, 0.4) is 0 Å². The normalized spacial score (nSPS) is 51.1. The smallest absolute Gasteiger partial charge is 0.184 e. The van der Waals surface area contributed by atoms with Crippen LogP contribution in [0.25, 0.3) is 0 Å². The SMILES string of the molecule is NCC[C@H]1[C@@H](O)[C@H](O[C@@H]2[C@@H](O)[C@H](N)C[C@H](N)[C@H]2O[C@H]2O[C@H](CN)[C@@H](O)[C@H](O)[C@H]2N)O[C@@H]1CO. The number of hydrogen-bond acceptors (Lipinski definition) is 14. The summed E-state index contributed by atoms with van der Waals surface area (Å²) in [6.45, 7) is -0.170. The Morgan fingerprint density at radius 1 is 0.758 bits per heavy atom. The Bertz CT molecular complexity index is 622. The molecule has 14 nitrogen and oxygen atoms in total. The molecule has 1 aliphatic carbocycles. The maximum Gasteiger partial charge on any atom is 0.184 e. The van der Waals surface area contributed by atoms with Crippen LogP contribution < -0.4 is 28.7 Å². The van der Waals surface area contributed by atoms with Crippen LogP contribution in [0.5, 0.6) is 0 Å². The average molecular weight is 482 g/mol. The van der Waals surface area contributed by atoms with Crippen molar-refractivity contribution >= 4 is 0 Å². The summed E-state index contributed by atoms with van der Waals surface area (Å²) in [4.78, 5) is 0. The number of nitrogens with two attached hydrogens (primary N) is 5. The van der Waals surface area contributed by atoms with Crippen molar-refractivity contribution in [3.63, 3.8) is 0 Å². The molecule has 3 fully saturated rings. The summed E-state index contributed by atoms with van der Waals surface area (Å²) in [5.74, 6) is -0.468. The zero-order valence-electron chi connectivity index (χ0n) is 18.4. The molecule has 194 valence electrons. The molecule has 2 heterocycles. The lowest BCUT2D eigenvalue weighted by Gasteiger charge is -2.47. The predicted octanol–water partition coefficient (Wildman–Crippen LogP) is -6.05. The van der Waals surface area contributed by atoms with Gasteiger partial charge < -0.3 is 73.1 Å². The van der Waals surface area contributed by atoms with Crippen molar-refractivity contribution in [3.8, 4) is 0 Å². The van der Waals surface area contributed by atoms with Crippen LogP contribution in [0.2, 0.25) is 0 Å². The maximum atomic E-state index is 10.8. The number of ether oxygens (including phenoxy) is 4. The highest BCUT2D eigenvalue weighted by Gasteiger charge is 2.52. The number of rotatable bonds is 8. The van der Waals surface area contributed by atoms with E-state index in [4.69, 9.17) is 47.6 Å². The summed E-state index contributed by atoms with van der Waals surface area (Å²) >= 11 is 0. The number of aliphatic hydroxyl groups excluding tert-OH is 5. The minimum absolute atomic E-state index is 0.0951. The van der Waals surface area contributed by atoms with Gasteiger partial charge >= 0.3 is 0 Å². The minimum Gasteiger partial charge on any atom is -0.394 e. The third kappa shape index (κ3) is 5.49. The van der Waals surface area contributed by atoms with Gasteiger partial charge in [0.25, 0.3) is 0 Å². The Hall–Kier alpha value is -0.560. The summed E-state index contributed by atoms with van der Waals surface area (Å²) in [6.07, 6.45) is -10.7. The van der Waals surface area contributed by atoms with Crippen LogP contribution in [0.15, 0.2) is 0 Å². The average Bonchev–Trinajstić information content (AvgIpc) is 3.09. The van der Waals surface area contributed by atoms with Gasteiger partial charge in [-0.2, -0.15) is 0 Å². The largest absolute Gasteiger partial charge is 0.394 e.